The molecule has 0 spiro atoms. The minimum atomic E-state index is -0.377. The minimum absolute atomic E-state index is 0.136. The van der Waals surface area contributed by atoms with Gasteiger partial charge in [-0.15, -0.1) is 5.10 Å². The maximum absolute atomic E-state index is 13.0. The summed E-state index contributed by atoms with van der Waals surface area (Å²) in [6.45, 7) is 0. The lowest BCUT2D eigenvalue weighted by Gasteiger charge is -2.32. The Morgan fingerprint density at radius 3 is 2.44 bits per heavy atom. The van der Waals surface area contributed by atoms with Gasteiger partial charge in [0.05, 0.1) is 21.3 Å². The van der Waals surface area contributed by atoms with Gasteiger partial charge in [0.2, 0.25) is 5.95 Å². The molecule has 0 fully saturated rings. The molecule has 2 aliphatic rings. The average molecular weight is 432 g/mol. The van der Waals surface area contributed by atoms with E-state index in [-0.39, 0.29) is 11.8 Å². The van der Waals surface area contributed by atoms with E-state index in [0.29, 0.717) is 29.7 Å². The standard InChI is InChI=1S/C24H24N4O4/c1-30-16-7-4-6-14(10-16)22-21-19(8-5-9-20(21)29)25-24-26-23(27-28(22)24)15-11-17(31-2)13-18(12-15)32-3/h4,6-7,10-13,22H,5,8-9H2,1-3H3,(H,25,26,27). The minimum Gasteiger partial charge on any atom is -0.497 e. The van der Waals surface area contributed by atoms with Crippen LogP contribution in [-0.4, -0.2) is 41.9 Å². The fraction of sp³-hybridized carbons (Fsp3) is 0.292. The predicted molar refractivity (Wildman–Crippen MR) is 119 cm³/mol. The van der Waals surface area contributed by atoms with Gasteiger partial charge >= 0.3 is 0 Å². The quantitative estimate of drug-likeness (QED) is 0.652. The van der Waals surface area contributed by atoms with Gasteiger partial charge in [0.25, 0.3) is 0 Å². The van der Waals surface area contributed by atoms with Crippen LogP contribution in [0.15, 0.2) is 53.7 Å². The number of ether oxygens (including phenoxy) is 3. The Morgan fingerprint density at radius 2 is 1.72 bits per heavy atom. The lowest BCUT2D eigenvalue weighted by molar-refractivity contribution is -0.116. The monoisotopic (exact) mass is 432 g/mol. The molecule has 0 bridgehead atoms. The second-order valence-electron chi connectivity index (χ2n) is 7.78. The van der Waals surface area contributed by atoms with Crippen molar-refractivity contribution in [2.24, 2.45) is 0 Å². The molecule has 164 valence electrons. The molecule has 2 aromatic carbocycles. The fourth-order valence-electron chi connectivity index (χ4n) is 4.33. The Balaban J connectivity index is 1.66. The molecule has 0 saturated carbocycles. The number of benzene rings is 2. The number of allylic oxidation sites excluding steroid dienone is 2. The Hall–Kier alpha value is -3.81. The fourth-order valence-corrected chi connectivity index (χ4v) is 4.33. The van der Waals surface area contributed by atoms with Crippen molar-refractivity contribution in [3.63, 3.8) is 0 Å². The lowest BCUT2D eigenvalue weighted by Crippen LogP contribution is -2.31. The van der Waals surface area contributed by atoms with Gasteiger partial charge in [0.15, 0.2) is 11.6 Å². The first-order valence-corrected chi connectivity index (χ1v) is 10.5. The molecule has 1 N–H and O–H groups in total. The molecule has 8 nitrogen and oxygen atoms in total. The SMILES string of the molecule is COc1cc(OC)cc(-c2nc3n(n2)C(c2cccc(OC)c2)C2=C(CCCC2=O)N3)c1. The van der Waals surface area contributed by atoms with Crippen molar-refractivity contribution >= 4 is 11.7 Å². The highest BCUT2D eigenvalue weighted by molar-refractivity contribution is 5.99. The third-order valence-electron chi connectivity index (χ3n) is 5.89. The molecule has 0 amide bonds. The second-order valence-corrected chi connectivity index (χ2v) is 7.78. The summed E-state index contributed by atoms with van der Waals surface area (Å²) in [6.07, 6.45) is 2.16. The van der Waals surface area contributed by atoms with Gasteiger partial charge in [0, 0.05) is 29.3 Å². The largest absolute Gasteiger partial charge is 0.497 e. The highest BCUT2D eigenvalue weighted by Crippen LogP contribution is 2.41. The van der Waals surface area contributed by atoms with Crippen LogP contribution in [0, 0.1) is 0 Å². The number of carbonyl (C=O) groups is 1. The molecule has 1 unspecified atom stereocenters. The first kappa shape index (κ1) is 20.1. The van der Waals surface area contributed by atoms with E-state index in [1.165, 1.54) is 0 Å². The number of aromatic nitrogens is 3. The first-order valence-electron chi connectivity index (χ1n) is 10.5. The maximum Gasteiger partial charge on any atom is 0.226 e. The number of hydrogen-bond acceptors (Lipinski definition) is 7. The molecule has 1 aliphatic carbocycles. The topological polar surface area (TPSA) is 87.5 Å². The van der Waals surface area contributed by atoms with Crippen LogP contribution >= 0.6 is 0 Å². The third-order valence-corrected chi connectivity index (χ3v) is 5.89. The maximum atomic E-state index is 13.0. The van der Waals surface area contributed by atoms with E-state index in [9.17, 15) is 4.79 Å². The molecule has 32 heavy (non-hydrogen) atoms. The molecule has 3 aromatic rings. The van der Waals surface area contributed by atoms with Crippen LogP contribution in [0.2, 0.25) is 0 Å². The normalized spacial score (nSPS) is 17.3. The number of anilines is 1. The number of rotatable bonds is 5. The molecule has 0 radical (unpaired) electrons. The van der Waals surface area contributed by atoms with E-state index >= 15 is 0 Å². The number of Topliss-reactive ketones (excluding diaryl/α,β-unsaturated/α-hetero) is 1. The van der Waals surface area contributed by atoms with E-state index in [4.69, 9.17) is 24.3 Å². The predicted octanol–water partition coefficient (Wildman–Crippen LogP) is 3.99. The molecular formula is C24H24N4O4. The van der Waals surface area contributed by atoms with Crippen molar-refractivity contribution in [3.8, 4) is 28.6 Å². The number of nitrogens with zero attached hydrogens (tertiary/aromatic N) is 3. The molecule has 2 heterocycles. The second kappa shape index (κ2) is 8.03. The van der Waals surface area contributed by atoms with Crippen LogP contribution in [0.5, 0.6) is 17.2 Å². The number of methoxy groups -OCH3 is 3. The van der Waals surface area contributed by atoms with Crippen LogP contribution in [0.1, 0.15) is 30.9 Å². The van der Waals surface area contributed by atoms with Crippen LogP contribution in [-0.2, 0) is 4.79 Å². The summed E-state index contributed by atoms with van der Waals surface area (Å²) in [5.41, 5.74) is 3.36. The molecule has 8 heteroatoms. The lowest BCUT2D eigenvalue weighted by atomic mass is 9.85. The summed E-state index contributed by atoms with van der Waals surface area (Å²) in [7, 11) is 4.84. The summed E-state index contributed by atoms with van der Waals surface area (Å²) in [5.74, 6) is 3.28. The van der Waals surface area contributed by atoms with E-state index in [2.05, 4.69) is 5.32 Å². The van der Waals surface area contributed by atoms with Crippen molar-refractivity contribution in [1.82, 2.24) is 14.8 Å². The smallest absolute Gasteiger partial charge is 0.226 e. The van der Waals surface area contributed by atoms with Crippen molar-refractivity contribution in [2.45, 2.75) is 25.3 Å². The molecule has 0 saturated heterocycles. The summed E-state index contributed by atoms with van der Waals surface area (Å²) in [6, 6.07) is 12.9. The molecule has 1 aliphatic heterocycles. The van der Waals surface area contributed by atoms with Gasteiger partial charge in [-0.25, -0.2) is 4.68 Å². The van der Waals surface area contributed by atoms with Crippen LogP contribution < -0.4 is 19.5 Å². The number of fused-ring (bicyclic) bond motifs is 1. The summed E-state index contributed by atoms with van der Waals surface area (Å²) in [4.78, 5) is 17.8. The van der Waals surface area contributed by atoms with Crippen molar-refractivity contribution in [2.75, 3.05) is 26.6 Å². The van der Waals surface area contributed by atoms with Crippen molar-refractivity contribution < 1.29 is 19.0 Å². The zero-order chi connectivity index (χ0) is 22.2. The highest BCUT2D eigenvalue weighted by Gasteiger charge is 2.37. The molecule has 5 rings (SSSR count). The third kappa shape index (κ3) is 3.37. The Labute approximate surface area is 185 Å². The van der Waals surface area contributed by atoms with E-state index in [1.807, 2.05) is 36.4 Å². The number of hydrogen-bond donors (Lipinski definition) is 1. The first-order chi connectivity index (χ1) is 15.6. The van der Waals surface area contributed by atoms with Gasteiger partial charge < -0.3 is 19.5 Å². The van der Waals surface area contributed by atoms with Crippen LogP contribution in [0.4, 0.5) is 5.95 Å². The Bertz CT molecular complexity index is 1210. The van der Waals surface area contributed by atoms with Crippen LogP contribution in [0.25, 0.3) is 11.4 Å². The molecule has 1 aromatic heterocycles. The van der Waals surface area contributed by atoms with Gasteiger partial charge in [-0.2, -0.15) is 4.98 Å². The number of nitrogens with one attached hydrogen (secondary N) is 1. The molecular weight excluding hydrogens is 408 g/mol. The van der Waals surface area contributed by atoms with E-state index in [0.717, 1.165) is 41.0 Å². The van der Waals surface area contributed by atoms with Crippen molar-refractivity contribution in [3.05, 3.63) is 59.3 Å². The average Bonchev–Trinajstić information content (AvgIpc) is 3.26. The van der Waals surface area contributed by atoms with Gasteiger partial charge in [0.1, 0.15) is 23.3 Å². The van der Waals surface area contributed by atoms with E-state index < -0.39 is 0 Å². The van der Waals surface area contributed by atoms with Gasteiger partial charge in [-0.05, 0) is 42.7 Å². The summed E-state index contributed by atoms with van der Waals surface area (Å²) >= 11 is 0. The zero-order valence-electron chi connectivity index (χ0n) is 18.2. The number of ketones is 1. The van der Waals surface area contributed by atoms with Gasteiger partial charge in [-0.3, -0.25) is 4.79 Å². The Kier molecular flexibility index (Phi) is 5.05. The Morgan fingerprint density at radius 1 is 0.969 bits per heavy atom. The highest BCUT2D eigenvalue weighted by atomic mass is 16.5. The molecule has 1 atom stereocenters. The van der Waals surface area contributed by atoms with E-state index in [1.54, 1.807) is 32.1 Å². The van der Waals surface area contributed by atoms with Crippen molar-refractivity contribution in [1.29, 1.82) is 0 Å². The summed E-state index contributed by atoms with van der Waals surface area (Å²) in [5, 5.41) is 8.17. The number of carbonyl (C=O) groups excluding carboxylic acids is 1. The van der Waals surface area contributed by atoms with Gasteiger partial charge in [-0.1, -0.05) is 12.1 Å². The van der Waals surface area contributed by atoms with Crippen LogP contribution in [0.3, 0.4) is 0 Å². The zero-order valence-corrected chi connectivity index (χ0v) is 18.2. The summed E-state index contributed by atoms with van der Waals surface area (Å²) < 4.78 is 18.0.